The fraction of sp³-hybridized carbons (Fsp3) is 0.450. The maximum Gasteiger partial charge on any atom is 0.318 e. The second-order valence-electron chi connectivity index (χ2n) is 7.15. The minimum absolute atomic E-state index is 0.120. The largest absolute Gasteiger partial charge is 0.468 e. The Labute approximate surface area is 158 Å². The topological polar surface area (TPSA) is 76.5 Å². The van der Waals surface area contributed by atoms with Crippen LogP contribution in [0.1, 0.15) is 28.3 Å². The highest BCUT2D eigenvalue weighted by Gasteiger charge is 2.48. The lowest BCUT2D eigenvalue weighted by Gasteiger charge is -2.26. The molecule has 2 aromatic rings. The molecule has 2 aliphatic rings. The van der Waals surface area contributed by atoms with E-state index in [9.17, 15) is 9.59 Å². The van der Waals surface area contributed by atoms with Crippen molar-refractivity contribution in [3.05, 3.63) is 53.6 Å². The molecule has 27 heavy (non-hydrogen) atoms. The molecular formula is C20H24N4O3. The molecule has 1 atom stereocenters. The zero-order chi connectivity index (χ0) is 18.9. The predicted molar refractivity (Wildman–Crippen MR) is 99.5 cm³/mol. The van der Waals surface area contributed by atoms with Gasteiger partial charge in [-0.15, -0.1) is 0 Å². The second kappa shape index (κ2) is 7.15. The fourth-order valence-corrected chi connectivity index (χ4v) is 4.09. The van der Waals surface area contributed by atoms with E-state index in [2.05, 4.69) is 10.3 Å². The first kappa shape index (κ1) is 17.7. The number of aromatic nitrogens is 2. The van der Waals surface area contributed by atoms with Gasteiger partial charge in [0.05, 0.1) is 7.11 Å². The average molecular weight is 368 g/mol. The molecule has 1 amide bonds. The first-order valence-electron chi connectivity index (χ1n) is 9.34. The van der Waals surface area contributed by atoms with Crippen molar-refractivity contribution >= 4 is 11.9 Å². The number of carbonyl (C=O) groups excluding carboxylic acids is 2. The number of nitrogens with one attached hydrogen (secondary N) is 1. The van der Waals surface area contributed by atoms with E-state index in [-0.39, 0.29) is 11.9 Å². The van der Waals surface area contributed by atoms with Crippen molar-refractivity contribution in [1.29, 1.82) is 0 Å². The highest BCUT2D eigenvalue weighted by molar-refractivity contribution is 5.94. The van der Waals surface area contributed by atoms with Crippen LogP contribution >= 0.6 is 0 Å². The Hall–Kier alpha value is -2.67. The van der Waals surface area contributed by atoms with Gasteiger partial charge in [-0.1, -0.05) is 30.3 Å². The van der Waals surface area contributed by atoms with Crippen LogP contribution in [0.3, 0.4) is 0 Å². The molecule has 1 N–H and O–H groups in total. The third kappa shape index (κ3) is 3.12. The molecule has 1 fully saturated rings. The number of esters is 1. The first-order chi connectivity index (χ1) is 13.1. The molecular weight excluding hydrogens is 344 g/mol. The molecule has 1 unspecified atom stereocenters. The van der Waals surface area contributed by atoms with Crippen LogP contribution in [-0.2, 0) is 27.9 Å². The van der Waals surface area contributed by atoms with E-state index in [0.29, 0.717) is 25.2 Å². The van der Waals surface area contributed by atoms with E-state index in [0.717, 1.165) is 37.4 Å². The molecule has 3 heterocycles. The molecule has 1 saturated heterocycles. The number of rotatable bonds is 3. The SMILES string of the molecule is COC(=O)C1(c2ccccc2)CCN(C(=O)c2cn3c(n2)CCNCC3)C1. The predicted octanol–water partition coefficient (Wildman–Crippen LogP) is 0.986. The number of imidazole rings is 1. The molecule has 142 valence electrons. The Balaban J connectivity index is 1.59. The van der Waals surface area contributed by atoms with Crippen LogP contribution in [0.5, 0.6) is 0 Å². The van der Waals surface area contributed by atoms with Gasteiger partial charge in [0, 0.05) is 45.3 Å². The van der Waals surface area contributed by atoms with Crippen LogP contribution in [-0.4, -0.2) is 59.6 Å². The van der Waals surface area contributed by atoms with E-state index < -0.39 is 5.41 Å². The van der Waals surface area contributed by atoms with Gasteiger partial charge in [0.15, 0.2) is 0 Å². The monoisotopic (exact) mass is 368 g/mol. The zero-order valence-electron chi connectivity index (χ0n) is 15.5. The molecule has 1 aromatic heterocycles. The van der Waals surface area contributed by atoms with Crippen molar-refractivity contribution in [2.75, 3.05) is 33.3 Å². The molecule has 4 rings (SSSR count). The smallest absolute Gasteiger partial charge is 0.318 e. The van der Waals surface area contributed by atoms with Crippen LogP contribution in [0.15, 0.2) is 36.5 Å². The first-order valence-corrected chi connectivity index (χ1v) is 9.34. The molecule has 1 aromatic carbocycles. The number of fused-ring (bicyclic) bond motifs is 1. The van der Waals surface area contributed by atoms with Gasteiger partial charge in [-0.2, -0.15) is 0 Å². The van der Waals surface area contributed by atoms with Crippen LogP contribution in [0.25, 0.3) is 0 Å². The van der Waals surface area contributed by atoms with Crippen molar-refractivity contribution in [2.24, 2.45) is 0 Å². The van der Waals surface area contributed by atoms with Gasteiger partial charge in [-0.3, -0.25) is 9.59 Å². The fourth-order valence-electron chi connectivity index (χ4n) is 4.09. The Morgan fingerprint density at radius 2 is 2.00 bits per heavy atom. The second-order valence-corrected chi connectivity index (χ2v) is 7.15. The van der Waals surface area contributed by atoms with Gasteiger partial charge in [-0.25, -0.2) is 4.98 Å². The molecule has 0 saturated carbocycles. The number of nitrogens with zero attached hydrogens (tertiary/aromatic N) is 3. The van der Waals surface area contributed by atoms with E-state index in [4.69, 9.17) is 4.74 Å². The maximum absolute atomic E-state index is 13.1. The number of benzene rings is 1. The van der Waals surface area contributed by atoms with Crippen molar-refractivity contribution < 1.29 is 14.3 Å². The van der Waals surface area contributed by atoms with Crippen molar-refractivity contribution in [2.45, 2.75) is 24.8 Å². The summed E-state index contributed by atoms with van der Waals surface area (Å²) < 4.78 is 7.15. The van der Waals surface area contributed by atoms with Gasteiger partial charge in [0.2, 0.25) is 0 Å². The number of likely N-dealkylation sites (tertiary alicyclic amines) is 1. The normalized spacial score (nSPS) is 22.2. The van der Waals surface area contributed by atoms with E-state index in [1.54, 1.807) is 4.90 Å². The number of amides is 1. The molecule has 7 nitrogen and oxygen atoms in total. The summed E-state index contributed by atoms with van der Waals surface area (Å²) in [5.74, 6) is 0.519. The number of hydrogen-bond donors (Lipinski definition) is 1. The number of carbonyl (C=O) groups is 2. The third-order valence-electron chi connectivity index (χ3n) is 5.59. The summed E-state index contributed by atoms with van der Waals surface area (Å²) in [4.78, 5) is 32.0. The minimum Gasteiger partial charge on any atom is -0.468 e. The number of ether oxygens (including phenoxy) is 1. The van der Waals surface area contributed by atoms with Crippen LogP contribution in [0.2, 0.25) is 0 Å². The van der Waals surface area contributed by atoms with Gasteiger partial charge in [0.25, 0.3) is 5.91 Å². The van der Waals surface area contributed by atoms with Crippen LogP contribution in [0.4, 0.5) is 0 Å². The van der Waals surface area contributed by atoms with Gasteiger partial charge < -0.3 is 19.5 Å². The van der Waals surface area contributed by atoms with E-state index >= 15 is 0 Å². The summed E-state index contributed by atoms with van der Waals surface area (Å²) in [5, 5.41) is 3.32. The van der Waals surface area contributed by atoms with Gasteiger partial charge in [-0.05, 0) is 12.0 Å². The summed E-state index contributed by atoms with van der Waals surface area (Å²) >= 11 is 0. The van der Waals surface area contributed by atoms with Crippen molar-refractivity contribution in [1.82, 2.24) is 19.8 Å². The Morgan fingerprint density at radius 1 is 1.19 bits per heavy atom. The summed E-state index contributed by atoms with van der Waals surface area (Å²) in [5.41, 5.74) is 0.534. The quantitative estimate of drug-likeness (QED) is 0.818. The average Bonchev–Trinajstić information content (AvgIpc) is 3.28. The third-order valence-corrected chi connectivity index (χ3v) is 5.59. The lowest BCUT2D eigenvalue weighted by atomic mass is 9.79. The molecule has 2 aliphatic heterocycles. The van der Waals surface area contributed by atoms with Gasteiger partial charge in [0.1, 0.15) is 16.9 Å². The Morgan fingerprint density at radius 3 is 2.78 bits per heavy atom. The zero-order valence-corrected chi connectivity index (χ0v) is 15.5. The highest BCUT2D eigenvalue weighted by atomic mass is 16.5. The molecule has 0 radical (unpaired) electrons. The van der Waals surface area contributed by atoms with Gasteiger partial charge >= 0.3 is 5.97 Å². The van der Waals surface area contributed by atoms with E-state index in [1.807, 2.05) is 41.1 Å². The lowest BCUT2D eigenvalue weighted by molar-refractivity contribution is -0.147. The molecule has 0 bridgehead atoms. The minimum atomic E-state index is -0.813. The van der Waals surface area contributed by atoms with E-state index in [1.165, 1.54) is 7.11 Å². The maximum atomic E-state index is 13.1. The van der Waals surface area contributed by atoms with Crippen LogP contribution in [0, 0.1) is 0 Å². The molecule has 0 aliphatic carbocycles. The van der Waals surface area contributed by atoms with Crippen molar-refractivity contribution in [3.63, 3.8) is 0 Å². The molecule has 0 spiro atoms. The highest BCUT2D eigenvalue weighted by Crippen LogP contribution is 2.36. The lowest BCUT2D eigenvalue weighted by Crippen LogP contribution is -2.41. The Kier molecular flexibility index (Phi) is 4.70. The number of methoxy groups -OCH3 is 1. The van der Waals surface area contributed by atoms with Crippen molar-refractivity contribution in [3.8, 4) is 0 Å². The standard InChI is InChI=1S/C20H24N4O3/c1-27-19(26)20(15-5-3-2-4-6-15)8-11-24(14-20)18(25)16-13-23-12-10-21-9-7-17(23)22-16/h2-6,13,21H,7-12,14H2,1H3. The summed E-state index contributed by atoms with van der Waals surface area (Å²) in [7, 11) is 1.40. The number of hydrogen-bond acceptors (Lipinski definition) is 5. The summed E-state index contributed by atoms with van der Waals surface area (Å²) in [6, 6.07) is 9.59. The molecule has 7 heteroatoms. The summed E-state index contributed by atoms with van der Waals surface area (Å²) in [6.45, 7) is 3.37. The van der Waals surface area contributed by atoms with Crippen LogP contribution < -0.4 is 5.32 Å². The summed E-state index contributed by atoms with van der Waals surface area (Å²) in [6.07, 6.45) is 3.20. The Bertz CT molecular complexity index is 825.